The minimum absolute atomic E-state index is 0.262. The van der Waals surface area contributed by atoms with Crippen LogP contribution in [0.3, 0.4) is 0 Å². The van der Waals surface area contributed by atoms with Crippen molar-refractivity contribution >= 4 is 57.2 Å². The van der Waals surface area contributed by atoms with E-state index in [9.17, 15) is 4.79 Å². The molecule has 0 aliphatic heterocycles. The van der Waals surface area contributed by atoms with E-state index in [0.29, 0.717) is 16.7 Å². The van der Waals surface area contributed by atoms with E-state index in [2.05, 4.69) is 32.9 Å². The number of aromatic carboxylic acids is 1. The number of benzene rings is 1. The first-order chi connectivity index (χ1) is 8.56. The first kappa shape index (κ1) is 13.6. The standard InChI is InChI=1S/C11H8ClIN2O2S/c12-11-15-5-7(18-11)4-14-9-2-1-6(13)3-8(9)10(16)17/h1-3,5,14H,4H2,(H,16,17). The largest absolute Gasteiger partial charge is 0.478 e. The fourth-order valence-corrected chi connectivity index (χ4v) is 2.80. The molecule has 1 heterocycles. The van der Waals surface area contributed by atoms with Gasteiger partial charge in [-0.3, -0.25) is 0 Å². The summed E-state index contributed by atoms with van der Waals surface area (Å²) in [4.78, 5) is 16.0. The summed E-state index contributed by atoms with van der Waals surface area (Å²) in [6, 6.07) is 5.24. The van der Waals surface area contributed by atoms with Crippen molar-refractivity contribution < 1.29 is 9.90 Å². The van der Waals surface area contributed by atoms with Crippen molar-refractivity contribution in [2.75, 3.05) is 5.32 Å². The summed E-state index contributed by atoms with van der Waals surface area (Å²) in [5, 5.41) is 12.2. The Bertz CT molecular complexity index is 588. The van der Waals surface area contributed by atoms with Crippen molar-refractivity contribution in [3.05, 3.63) is 42.9 Å². The second-order valence-electron chi connectivity index (χ2n) is 3.43. The first-order valence-electron chi connectivity index (χ1n) is 4.93. The van der Waals surface area contributed by atoms with Gasteiger partial charge in [-0.2, -0.15) is 0 Å². The van der Waals surface area contributed by atoms with Gasteiger partial charge in [-0.25, -0.2) is 9.78 Å². The molecule has 0 aliphatic carbocycles. The number of nitrogens with zero attached hydrogens (tertiary/aromatic N) is 1. The fourth-order valence-electron chi connectivity index (χ4n) is 1.40. The van der Waals surface area contributed by atoms with Gasteiger partial charge in [-0.1, -0.05) is 11.6 Å². The van der Waals surface area contributed by atoms with Gasteiger partial charge in [0.2, 0.25) is 0 Å². The van der Waals surface area contributed by atoms with Crippen LogP contribution in [0.5, 0.6) is 0 Å². The van der Waals surface area contributed by atoms with Crippen LogP contribution in [0.25, 0.3) is 0 Å². The zero-order chi connectivity index (χ0) is 13.1. The van der Waals surface area contributed by atoms with Crippen molar-refractivity contribution in [2.24, 2.45) is 0 Å². The van der Waals surface area contributed by atoms with E-state index in [1.165, 1.54) is 11.3 Å². The number of nitrogens with one attached hydrogen (secondary N) is 1. The molecule has 0 unspecified atom stereocenters. The lowest BCUT2D eigenvalue weighted by Gasteiger charge is -2.08. The molecule has 0 spiro atoms. The number of anilines is 1. The van der Waals surface area contributed by atoms with Gasteiger partial charge in [0.05, 0.1) is 12.1 Å². The summed E-state index contributed by atoms with van der Waals surface area (Å²) < 4.78 is 1.37. The lowest BCUT2D eigenvalue weighted by molar-refractivity contribution is 0.0698. The highest BCUT2D eigenvalue weighted by atomic mass is 127. The minimum atomic E-state index is -0.946. The van der Waals surface area contributed by atoms with Gasteiger partial charge in [0.15, 0.2) is 4.47 Å². The van der Waals surface area contributed by atoms with Crippen molar-refractivity contribution in [2.45, 2.75) is 6.54 Å². The van der Waals surface area contributed by atoms with Crippen LogP contribution in [0, 0.1) is 3.57 Å². The predicted octanol–water partition coefficient (Wildman–Crippen LogP) is 3.71. The van der Waals surface area contributed by atoms with E-state index >= 15 is 0 Å². The van der Waals surface area contributed by atoms with E-state index in [-0.39, 0.29) is 5.56 Å². The van der Waals surface area contributed by atoms with Gasteiger partial charge in [-0.05, 0) is 40.8 Å². The van der Waals surface area contributed by atoms with Crippen molar-refractivity contribution in [3.8, 4) is 0 Å². The molecule has 0 saturated heterocycles. The third-order valence-corrected chi connectivity index (χ3v) is 3.98. The zero-order valence-corrected chi connectivity index (χ0v) is 12.7. The Balaban J connectivity index is 2.16. The molecule has 2 aromatic rings. The molecule has 0 fully saturated rings. The van der Waals surface area contributed by atoms with E-state index < -0.39 is 5.97 Å². The van der Waals surface area contributed by atoms with E-state index in [0.717, 1.165) is 8.45 Å². The Morgan fingerprint density at radius 1 is 1.56 bits per heavy atom. The van der Waals surface area contributed by atoms with Gasteiger partial charge in [0.25, 0.3) is 0 Å². The molecule has 2 N–H and O–H groups in total. The number of carboxylic acid groups (broad SMARTS) is 1. The lowest BCUT2D eigenvalue weighted by atomic mass is 10.2. The SMILES string of the molecule is O=C(O)c1cc(I)ccc1NCc1cnc(Cl)s1. The van der Waals surface area contributed by atoms with Crippen LogP contribution in [0.1, 0.15) is 15.2 Å². The summed E-state index contributed by atoms with van der Waals surface area (Å²) in [5.74, 6) is -0.946. The molecular formula is C11H8ClIN2O2S. The minimum Gasteiger partial charge on any atom is -0.478 e. The molecule has 1 aromatic heterocycles. The number of rotatable bonds is 4. The second-order valence-corrected chi connectivity index (χ2v) is 6.37. The number of carboxylic acids is 1. The molecule has 0 amide bonds. The number of aromatic nitrogens is 1. The molecule has 94 valence electrons. The van der Waals surface area contributed by atoms with Gasteiger partial charge in [0, 0.05) is 20.3 Å². The van der Waals surface area contributed by atoms with Crippen molar-refractivity contribution in [3.63, 3.8) is 0 Å². The van der Waals surface area contributed by atoms with E-state index in [1.54, 1.807) is 18.3 Å². The average molecular weight is 395 g/mol. The normalized spacial score (nSPS) is 10.3. The number of thiazole rings is 1. The van der Waals surface area contributed by atoms with Crippen molar-refractivity contribution in [1.82, 2.24) is 4.98 Å². The average Bonchev–Trinajstić information content (AvgIpc) is 2.73. The molecule has 2 rings (SSSR count). The molecule has 18 heavy (non-hydrogen) atoms. The maximum atomic E-state index is 11.1. The monoisotopic (exact) mass is 394 g/mol. The summed E-state index contributed by atoms with van der Waals surface area (Å²) >= 11 is 9.18. The summed E-state index contributed by atoms with van der Waals surface area (Å²) in [5.41, 5.74) is 0.852. The maximum Gasteiger partial charge on any atom is 0.337 e. The van der Waals surface area contributed by atoms with Crippen LogP contribution >= 0.6 is 45.5 Å². The third-order valence-electron chi connectivity index (χ3n) is 2.19. The molecule has 4 nitrogen and oxygen atoms in total. The number of hydrogen-bond acceptors (Lipinski definition) is 4. The van der Waals surface area contributed by atoms with E-state index in [4.69, 9.17) is 16.7 Å². The maximum absolute atomic E-state index is 11.1. The number of carbonyl (C=O) groups is 1. The van der Waals surface area contributed by atoms with Crippen LogP contribution in [0.2, 0.25) is 4.47 Å². The quantitative estimate of drug-likeness (QED) is 0.776. The third kappa shape index (κ3) is 3.33. The summed E-state index contributed by atoms with van der Waals surface area (Å²) in [6.45, 7) is 0.505. The van der Waals surface area contributed by atoms with Crippen LogP contribution < -0.4 is 5.32 Å². The Morgan fingerprint density at radius 2 is 2.33 bits per heavy atom. The molecule has 0 bridgehead atoms. The molecule has 7 heteroatoms. The van der Waals surface area contributed by atoms with Gasteiger partial charge in [0.1, 0.15) is 0 Å². The highest BCUT2D eigenvalue weighted by molar-refractivity contribution is 14.1. The Kier molecular flexibility index (Phi) is 4.41. The van der Waals surface area contributed by atoms with Gasteiger partial charge >= 0.3 is 5.97 Å². The van der Waals surface area contributed by atoms with Gasteiger partial charge in [-0.15, -0.1) is 11.3 Å². The molecule has 0 radical (unpaired) electrons. The molecule has 0 aliphatic rings. The summed E-state index contributed by atoms with van der Waals surface area (Å²) in [7, 11) is 0. The zero-order valence-electron chi connectivity index (χ0n) is 8.98. The van der Waals surface area contributed by atoms with Gasteiger partial charge < -0.3 is 10.4 Å². The van der Waals surface area contributed by atoms with E-state index in [1.807, 2.05) is 6.07 Å². The summed E-state index contributed by atoms with van der Waals surface area (Å²) in [6.07, 6.45) is 1.67. The van der Waals surface area contributed by atoms with Crippen LogP contribution in [0.4, 0.5) is 5.69 Å². The first-order valence-corrected chi connectivity index (χ1v) is 7.20. The smallest absolute Gasteiger partial charge is 0.337 e. The molecule has 0 saturated carbocycles. The fraction of sp³-hybridized carbons (Fsp3) is 0.0909. The highest BCUT2D eigenvalue weighted by Crippen LogP contribution is 2.22. The lowest BCUT2D eigenvalue weighted by Crippen LogP contribution is -2.06. The molecule has 1 aromatic carbocycles. The Hall–Kier alpha value is -0.860. The Morgan fingerprint density at radius 3 is 2.94 bits per heavy atom. The molecule has 0 atom stereocenters. The van der Waals surface area contributed by atoms with Crippen LogP contribution in [0.15, 0.2) is 24.4 Å². The number of hydrogen-bond donors (Lipinski definition) is 2. The van der Waals surface area contributed by atoms with Crippen molar-refractivity contribution in [1.29, 1.82) is 0 Å². The molecular weight excluding hydrogens is 387 g/mol. The second kappa shape index (κ2) is 5.85. The van der Waals surface area contributed by atoms with Crippen LogP contribution in [-0.2, 0) is 6.54 Å². The number of halogens is 2. The Labute approximate surface area is 126 Å². The topological polar surface area (TPSA) is 62.2 Å². The predicted molar refractivity (Wildman–Crippen MR) is 80.6 cm³/mol. The highest BCUT2D eigenvalue weighted by Gasteiger charge is 2.10. The van der Waals surface area contributed by atoms with Crippen LogP contribution in [-0.4, -0.2) is 16.1 Å².